The summed E-state index contributed by atoms with van der Waals surface area (Å²) in [6.45, 7) is 3.18. The molecule has 0 bridgehead atoms. The number of hydrogen-bond donors (Lipinski definition) is 1. The number of amides is 1. The number of carbonyl (C=O) groups excluding carboxylic acids is 1. The standard InChI is InChI=1S/C26H33F2N3O4S/c1-25(2)12-13-26(19-31(25)36(33,34)22-6-4-3-5-7-22)14-16-30(17-15-26)18-23(32)29-20-8-10-21(11-9-20)35-24(27)28/h3-11,24H,12-19H2,1-2H3,(H,29,32). The molecule has 4 rings (SSSR count). The number of halogens is 2. The number of piperidine rings is 2. The lowest BCUT2D eigenvalue weighted by atomic mass is 9.69. The fourth-order valence-corrected chi connectivity index (χ4v) is 7.08. The number of rotatable bonds is 7. The summed E-state index contributed by atoms with van der Waals surface area (Å²) >= 11 is 0. The molecule has 2 saturated heterocycles. The predicted molar refractivity (Wildman–Crippen MR) is 133 cm³/mol. The SMILES string of the molecule is CC1(C)CCC2(CCN(CC(=O)Nc3ccc(OC(F)F)cc3)CC2)CN1S(=O)(=O)c1ccccc1. The van der Waals surface area contributed by atoms with Crippen LogP contribution >= 0.6 is 0 Å². The number of sulfonamides is 1. The van der Waals surface area contributed by atoms with Crippen LogP contribution in [0.5, 0.6) is 5.75 Å². The third kappa shape index (κ3) is 6.04. The Morgan fingerprint density at radius 2 is 1.64 bits per heavy atom. The van der Waals surface area contributed by atoms with Crippen LogP contribution in [0.1, 0.15) is 39.5 Å². The molecule has 1 N–H and O–H groups in total. The Hall–Kier alpha value is -2.56. The highest BCUT2D eigenvalue weighted by molar-refractivity contribution is 7.89. The van der Waals surface area contributed by atoms with Gasteiger partial charge in [-0.15, -0.1) is 0 Å². The zero-order valence-corrected chi connectivity index (χ0v) is 21.4. The minimum Gasteiger partial charge on any atom is -0.435 e. The predicted octanol–water partition coefficient (Wildman–Crippen LogP) is 4.57. The average molecular weight is 522 g/mol. The number of hydrogen-bond acceptors (Lipinski definition) is 5. The lowest BCUT2D eigenvalue weighted by Crippen LogP contribution is -2.59. The zero-order valence-electron chi connectivity index (χ0n) is 20.6. The molecule has 0 aliphatic carbocycles. The number of anilines is 1. The fourth-order valence-electron chi connectivity index (χ4n) is 5.14. The zero-order chi connectivity index (χ0) is 26.0. The smallest absolute Gasteiger partial charge is 0.387 e. The van der Waals surface area contributed by atoms with E-state index >= 15 is 0 Å². The van der Waals surface area contributed by atoms with E-state index in [-0.39, 0.29) is 23.6 Å². The first kappa shape index (κ1) is 26.5. The van der Waals surface area contributed by atoms with Crippen molar-refractivity contribution in [3.8, 4) is 5.75 Å². The van der Waals surface area contributed by atoms with Gasteiger partial charge in [0.1, 0.15) is 5.75 Å². The second-order valence-corrected chi connectivity index (χ2v) is 12.2. The highest BCUT2D eigenvalue weighted by atomic mass is 32.2. The Morgan fingerprint density at radius 1 is 1.00 bits per heavy atom. The number of likely N-dealkylation sites (tertiary alicyclic amines) is 1. The maximum Gasteiger partial charge on any atom is 0.387 e. The van der Waals surface area contributed by atoms with Crippen molar-refractivity contribution in [3.63, 3.8) is 0 Å². The molecule has 7 nitrogen and oxygen atoms in total. The highest BCUT2D eigenvalue weighted by Gasteiger charge is 2.49. The first-order chi connectivity index (χ1) is 17.0. The van der Waals surface area contributed by atoms with Crippen LogP contribution < -0.4 is 10.1 Å². The van der Waals surface area contributed by atoms with Crippen molar-refractivity contribution in [1.29, 1.82) is 0 Å². The molecule has 0 atom stereocenters. The minimum absolute atomic E-state index is 0.0308. The molecular formula is C26H33F2N3O4S. The van der Waals surface area contributed by atoms with E-state index in [1.807, 2.05) is 19.9 Å². The van der Waals surface area contributed by atoms with E-state index < -0.39 is 22.2 Å². The highest BCUT2D eigenvalue weighted by Crippen LogP contribution is 2.46. The molecule has 0 unspecified atom stereocenters. The summed E-state index contributed by atoms with van der Waals surface area (Å²) in [5.74, 6) is -0.158. The monoisotopic (exact) mass is 521 g/mol. The third-order valence-corrected chi connectivity index (χ3v) is 9.47. The first-order valence-electron chi connectivity index (χ1n) is 12.1. The summed E-state index contributed by atoms with van der Waals surface area (Å²) in [6, 6.07) is 14.4. The molecule has 0 aromatic heterocycles. The maximum absolute atomic E-state index is 13.5. The molecule has 2 aliphatic heterocycles. The Morgan fingerprint density at radius 3 is 2.25 bits per heavy atom. The molecule has 196 valence electrons. The number of nitrogens with zero attached hydrogens (tertiary/aromatic N) is 2. The quantitative estimate of drug-likeness (QED) is 0.578. The fraction of sp³-hybridized carbons (Fsp3) is 0.500. The molecule has 2 aromatic carbocycles. The van der Waals surface area contributed by atoms with Crippen LogP contribution in [0.15, 0.2) is 59.5 Å². The average Bonchev–Trinajstić information content (AvgIpc) is 2.84. The van der Waals surface area contributed by atoms with Gasteiger partial charge in [0.25, 0.3) is 0 Å². The van der Waals surface area contributed by atoms with Gasteiger partial charge in [0, 0.05) is 17.8 Å². The van der Waals surface area contributed by atoms with Gasteiger partial charge < -0.3 is 10.1 Å². The molecule has 0 saturated carbocycles. The van der Waals surface area contributed by atoms with Crippen molar-refractivity contribution in [2.24, 2.45) is 5.41 Å². The van der Waals surface area contributed by atoms with Gasteiger partial charge in [0.15, 0.2) is 0 Å². The Balaban J connectivity index is 1.34. The van der Waals surface area contributed by atoms with Crippen molar-refractivity contribution in [2.75, 3.05) is 31.5 Å². The van der Waals surface area contributed by atoms with E-state index in [1.165, 1.54) is 24.3 Å². The van der Waals surface area contributed by atoms with Gasteiger partial charge >= 0.3 is 6.61 Å². The Kier molecular flexibility index (Phi) is 7.68. The molecule has 2 heterocycles. The normalized spacial score (nSPS) is 20.4. The number of ether oxygens (including phenoxy) is 1. The lowest BCUT2D eigenvalue weighted by molar-refractivity contribution is -0.118. The first-order valence-corrected chi connectivity index (χ1v) is 13.6. The van der Waals surface area contributed by atoms with E-state index in [2.05, 4.69) is 15.0 Å². The van der Waals surface area contributed by atoms with Crippen molar-refractivity contribution in [3.05, 3.63) is 54.6 Å². The van der Waals surface area contributed by atoms with Crippen LogP contribution in [-0.2, 0) is 14.8 Å². The second-order valence-electron chi connectivity index (χ2n) is 10.4. The minimum atomic E-state index is -3.62. The third-order valence-electron chi connectivity index (χ3n) is 7.40. The number of benzene rings is 2. The molecular weight excluding hydrogens is 488 g/mol. The van der Waals surface area contributed by atoms with E-state index in [4.69, 9.17) is 0 Å². The molecule has 1 spiro atoms. The molecule has 2 fully saturated rings. The van der Waals surface area contributed by atoms with Crippen LogP contribution in [0.4, 0.5) is 14.5 Å². The van der Waals surface area contributed by atoms with Gasteiger partial charge in [-0.2, -0.15) is 13.1 Å². The Bertz CT molecular complexity index is 1150. The van der Waals surface area contributed by atoms with Crippen LogP contribution in [0, 0.1) is 5.41 Å². The van der Waals surface area contributed by atoms with Gasteiger partial charge in [0.05, 0.1) is 11.4 Å². The van der Waals surface area contributed by atoms with Crippen LogP contribution in [-0.4, -0.2) is 61.9 Å². The summed E-state index contributed by atoms with van der Waals surface area (Å²) in [5.41, 5.74) is -0.0658. The summed E-state index contributed by atoms with van der Waals surface area (Å²) in [5, 5.41) is 2.79. The van der Waals surface area contributed by atoms with Crippen molar-refractivity contribution in [2.45, 2.75) is 56.6 Å². The maximum atomic E-state index is 13.5. The van der Waals surface area contributed by atoms with E-state index in [9.17, 15) is 22.0 Å². The molecule has 36 heavy (non-hydrogen) atoms. The molecule has 2 aromatic rings. The molecule has 0 radical (unpaired) electrons. The molecule has 2 aliphatic rings. The van der Waals surface area contributed by atoms with Gasteiger partial charge in [-0.1, -0.05) is 18.2 Å². The van der Waals surface area contributed by atoms with Crippen LogP contribution in [0.25, 0.3) is 0 Å². The largest absolute Gasteiger partial charge is 0.435 e. The summed E-state index contributed by atoms with van der Waals surface area (Å²) < 4.78 is 57.6. The molecule has 1 amide bonds. The van der Waals surface area contributed by atoms with Crippen molar-refractivity contribution in [1.82, 2.24) is 9.21 Å². The van der Waals surface area contributed by atoms with Crippen LogP contribution in [0.2, 0.25) is 0 Å². The lowest BCUT2D eigenvalue weighted by Gasteiger charge is -2.53. The summed E-state index contributed by atoms with van der Waals surface area (Å²) in [7, 11) is -3.62. The van der Waals surface area contributed by atoms with Crippen molar-refractivity contribution < 1.29 is 26.7 Å². The van der Waals surface area contributed by atoms with E-state index in [1.54, 1.807) is 28.6 Å². The number of carbonyl (C=O) groups is 1. The van der Waals surface area contributed by atoms with E-state index in [0.29, 0.717) is 30.2 Å². The van der Waals surface area contributed by atoms with Crippen LogP contribution in [0.3, 0.4) is 0 Å². The second kappa shape index (κ2) is 10.4. The summed E-state index contributed by atoms with van der Waals surface area (Å²) in [4.78, 5) is 14.9. The molecule has 10 heteroatoms. The number of alkyl halides is 2. The Labute approximate surface area is 211 Å². The topological polar surface area (TPSA) is 79.0 Å². The van der Waals surface area contributed by atoms with Gasteiger partial charge in [-0.25, -0.2) is 8.42 Å². The van der Waals surface area contributed by atoms with Gasteiger partial charge in [0.2, 0.25) is 15.9 Å². The van der Waals surface area contributed by atoms with Crippen molar-refractivity contribution >= 4 is 21.6 Å². The van der Waals surface area contributed by atoms with E-state index in [0.717, 1.165) is 25.7 Å². The number of nitrogens with one attached hydrogen (secondary N) is 1. The summed E-state index contributed by atoms with van der Waals surface area (Å²) in [6.07, 6.45) is 3.37. The van der Waals surface area contributed by atoms with Gasteiger partial charge in [-0.05, 0) is 94.4 Å². The van der Waals surface area contributed by atoms with Gasteiger partial charge in [-0.3, -0.25) is 9.69 Å².